The lowest BCUT2D eigenvalue weighted by Crippen LogP contribution is -2.77. The third kappa shape index (κ3) is 3.51. The number of methoxy groups -OCH3 is 4. The van der Waals surface area contributed by atoms with Crippen LogP contribution in [0.4, 0.5) is 0 Å². The summed E-state index contributed by atoms with van der Waals surface area (Å²) in [7, 11) is 9.01. The van der Waals surface area contributed by atoms with Crippen LogP contribution in [0.2, 0.25) is 0 Å². The fourth-order valence-corrected chi connectivity index (χ4v) is 12.2. The Hall–Kier alpha value is -2.08. The van der Waals surface area contributed by atoms with Crippen LogP contribution in [0.15, 0.2) is 30.3 Å². The van der Waals surface area contributed by atoms with Gasteiger partial charge < -0.3 is 38.4 Å². The Morgan fingerprint density at radius 1 is 1.00 bits per heavy atom. The molecule has 1 heterocycles. The van der Waals surface area contributed by atoms with Crippen LogP contribution < -0.4 is 0 Å². The largest absolute Gasteiger partial charge is 0.458 e. The number of aliphatic hydroxyl groups is 1. The quantitative estimate of drug-likeness (QED) is 0.447. The molecule has 10 heteroatoms. The number of hydrogen-bond donors (Lipinski definition) is 1. The van der Waals surface area contributed by atoms with Crippen molar-refractivity contribution in [1.82, 2.24) is 4.90 Å². The number of likely N-dealkylation sites (tertiary alicyclic amines) is 1. The predicted octanol–water partition coefficient (Wildman–Crippen LogP) is 2.32. The van der Waals surface area contributed by atoms with Crippen LogP contribution in [-0.4, -0.2) is 112 Å². The van der Waals surface area contributed by atoms with Gasteiger partial charge in [-0.25, -0.2) is 4.79 Å². The van der Waals surface area contributed by atoms with E-state index < -0.39 is 46.7 Å². The lowest BCUT2D eigenvalue weighted by molar-refractivity contribution is -0.285. The molecule has 1 spiro atoms. The van der Waals surface area contributed by atoms with Crippen LogP contribution in [0.5, 0.6) is 0 Å². The Labute approximate surface area is 253 Å². The molecule has 6 fully saturated rings. The topological polar surface area (TPSA) is 113 Å². The molecule has 7 rings (SSSR count). The summed E-state index contributed by atoms with van der Waals surface area (Å²) in [5.41, 5.74) is -2.88. The molecule has 0 amide bonds. The van der Waals surface area contributed by atoms with Crippen molar-refractivity contribution in [2.24, 2.45) is 34.5 Å². The number of carbonyl (C=O) groups excluding carboxylic acids is 2. The molecule has 1 saturated heterocycles. The highest BCUT2D eigenvalue weighted by atomic mass is 16.6. The summed E-state index contributed by atoms with van der Waals surface area (Å²) in [4.78, 5) is 29.2. The van der Waals surface area contributed by atoms with E-state index in [2.05, 4.69) is 11.9 Å². The number of nitrogens with zero attached hydrogens (tertiary/aromatic N) is 1. The van der Waals surface area contributed by atoms with Crippen molar-refractivity contribution in [3.63, 3.8) is 0 Å². The zero-order valence-electron chi connectivity index (χ0n) is 26.0. The van der Waals surface area contributed by atoms with Crippen molar-refractivity contribution >= 4 is 11.9 Å². The fraction of sp³-hybridized carbons (Fsp3) is 0.758. The number of carbonyl (C=O) groups is 2. The molecule has 1 aromatic rings. The first-order chi connectivity index (χ1) is 20.6. The summed E-state index contributed by atoms with van der Waals surface area (Å²) < 4.78 is 38.0. The van der Waals surface area contributed by atoms with Crippen molar-refractivity contribution in [2.45, 2.75) is 74.3 Å². The first-order valence-corrected chi connectivity index (χ1v) is 15.5. The van der Waals surface area contributed by atoms with Crippen molar-refractivity contribution in [3.05, 3.63) is 35.9 Å². The van der Waals surface area contributed by atoms with Gasteiger partial charge in [0, 0.05) is 83.0 Å². The van der Waals surface area contributed by atoms with Gasteiger partial charge in [-0.05, 0) is 44.4 Å². The molecule has 236 valence electrons. The Morgan fingerprint density at radius 3 is 2.35 bits per heavy atom. The van der Waals surface area contributed by atoms with Crippen LogP contribution in [0.1, 0.15) is 43.0 Å². The van der Waals surface area contributed by atoms with Gasteiger partial charge in [0.05, 0.1) is 30.5 Å². The maximum atomic E-state index is 13.7. The van der Waals surface area contributed by atoms with Gasteiger partial charge in [0.2, 0.25) is 0 Å². The number of benzene rings is 1. The minimum Gasteiger partial charge on any atom is -0.458 e. The SMILES string of the molecule is COC[C@@]12CC[C@H](OC)[C@]34C([C@@H]([C@H](OC)C13)[C@@]1(OC(C)=O)C[C@H](OC)[C@@]3(O)C[C@@H]4[C@@H]1[C@H]3OC(=O)c1ccccc1)N(C)C2. The average molecular weight is 600 g/mol. The first kappa shape index (κ1) is 29.6. The first-order valence-electron chi connectivity index (χ1n) is 15.5. The van der Waals surface area contributed by atoms with Crippen LogP contribution >= 0.6 is 0 Å². The maximum Gasteiger partial charge on any atom is 0.338 e. The molecule has 5 saturated carbocycles. The Morgan fingerprint density at radius 2 is 1.72 bits per heavy atom. The lowest BCUT2D eigenvalue weighted by atomic mass is 9.43. The maximum absolute atomic E-state index is 13.7. The molecule has 2 unspecified atom stereocenters. The molecule has 43 heavy (non-hydrogen) atoms. The minimum absolute atomic E-state index is 0.0201. The number of piperidine rings is 1. The van der Waals surface area contributed by atoms with E-state index in [0.717, 1.165) is 19.4 Å². The molecule has 13 atom stereocenters. The monoisotopic (exact) mass is 599 g/mol. The molecule has 10 nitrogen and oxygen atoms in total. The van der Waals surface area contributed by atoms with Gasteiger partial charge in [-0.3, -0.25) is 4.79 Å². The number of fused-ring (bicyclic) bond motifs is 2. The zero-order chi connectivity index (χ0) is 30.5. The number of rotatable bonds is 8. The summed E-state index contributed by atoms with van der Waals surface area (Å²) in [6.07, 6.45) is 0.272. The number of ether oxygens (including phenoxy) is 6. The predicted molar refractivity (Wildman–Crippen MR) is 153 cm³/mol. The van der Waals surface area contributed by atoms with Crippen LogP contribution in [0, 0.1) is 34.5 Å². The van der Waals surface area contributed by atoms with Gasteiger partial charge in [0.1, 0.15) is 17.3 Å². The molecule has 7 bridgehead atoms. The van der Waals surface area contributed by atoms with Crippen LogP contribution in [-0.2, 0) is 33.2 Å². The highest BCUT2D eigenvalue weighted by molar-refractivity contribution is 5.89. The van der Waals surface area contributed by atoms with E-state index in [0.29, 0.717) is 18.6 Å². The smallest absolute Gasteiger partial charge is 0.338 e. The second-order valence-corrected chi connectivity index (χ2v) is 14.1. The molecule has 0 aromatic heterocycles. The van der Waals surface area contributed by atoms with Gasteiger partial charge >= 0.3 is 11.9 Å². The fourth-order valence-electron chi connectivity index (χ4n) is 12.2. The van der Waals surface area contributed by atoms with E-state index in [1.807, 2.05) is 6.07 Å². The van der Waals surface area contributed by atoms with Crippen molar-refractivity contribution < 1.29 is 43.1 Å². The molecule has 5 aliphatic carbocycles. The van der Waals surface area contributed by atoms with Gasteiger partial charge in [-0.15, -0.1) is 0 Å². The van der Waals surface area contributed by atoms with Crippen molar-refractivity contribution in [1.29, 1.82) is 0 Å². The van der Waals surface area contributed by atoms with Gasteiger partial charge in [0.25, 0.3) is 0 Å². The van der Waals surface area contributed by atoms with Crippen molar-refractivity contribution in [3.8, 4) is 0 Å². The van der Waals surface area contributed by atoms with Crippen LogP contribution in [0.3, 0.4) is 0 Å². The standard InChI is InChI=1S/C33H45NO9/c1-18(35)43-32-15-22(40-5)31(37)14-20(23(32)28(31)42-29(36)19-10-8-7-9-11-19)33-21(39-4)12-13-30(17-38-3)16-34(2)27(33)24(32)25(41-6)26(30)33/h7-11,20-28,37H,12-17H2,1-6H3/t20-,21+,22+,23-,24-,25+,26?,27?,28-,30+,31+,32-,33+/m1/s1. The second kappa shape index (κ2) is 9.96. The summed E-state index contributed by atoms with van der Waals surface area (Å²) in [6.45, 7) is 2.82. The molecule has 1 aliphatic heterocycles. The lowest BCUT2D eigenvalue weighted by Gasteiger charge is -2.69. The molecular weight excluding hydrogens is 554 g/mol. The normalized spacial score (nSPS) is 49.0. The van der Waals surface area contributed by atoms with E-state index >= 15 is 0 Å². The number of esters is 2. The van der Waals surface area contributed by atoms with Crippen LogP contribution in [0.25, 0.3) is 0 Å². The zero-order valence-corrected chi connectivity index (χ0v) is 26.0. The van der Waals surface area contributed by atoms with E-state index in [4.69, 9.17) is 28.4 Å². The van der Waals surface area contributed by atoms with Crippen molar-refractivity contribution in [2.75, 3.05) is 48.6 Å². The third-order valence-electron chi connectivity index (χ3n) is 12.7. The van der Waals surface area contributed by atoms with Gasteiger partial charge in [0.15, 0.2) is 0 Å². The molecule has 0 radical (unpaired) electrons. The molecule has 6 aliphatic rings. The molecule has 1 N–H and O–H groups in total. The summed E-state index contributed by atoms with van der Waals surface area (Å²) in [6, 6.07) is 8.77. The Bertz CT molecular complexity index is 1280. The van der Waals surface area contributed by atoms with E-state index in [1.54, 1.807) is 52.7 Å². The Balaban J connectivity index is 1.48. The third-order valence-corrected chi connectivity index (χ3v) is 12.7. The summed E-state index contributed by atoms with van der Waals surface area (Å²) in [5.74, 6) is -1.87. The Kier molecular flexibility index (Phi) is 6.86. The van der Waals surface area contributed by atoms with Gasteiger partial charge in [-0.2, -0.15) is 0 Å². The summed E-state index contributed by atoms with van der Waals surface area (Å²) in [5, 5.41) is 12.7. The molecule has 1 aromatic carbocycles. The average Bonchev–Trinajstić information content (AvgIpc) is 3.37. The number of hydrogen-bond acceptors (Lipinski definition) is 10. The highest BCUT2D eigenvalue weighted by Gasteiger charge is 2.89. The van der Waals surface area contributed by atoms with E-state index in [-0.39, 0.29) is 47.8 Å². The van der Waals surface area contributed by atoms with Gasteiger partial charge in [-0.1, -0.05) is 18.2 Å². The van der Waals surface area contributed by atoms with E-state index in [9.17, 15) is 14.7 Å². The summed E-state index contributed by atoms with van der Waals surface area (Å²) >= 11 is 0. The molecular formula is C33H45NO9. The highest BCUT2D eigenvalue weighted by Crippen LogP contribution is 2.80. The second-order valence-electron chi connectivity index (χ2n) is 14.1. The minimum atomic E-state index is -1.48. The van der Waals surface area contributed by atoms with E-state index in [1.165, 1.54) is 6.92 Å².